The third-order valence-electron chi connectivity index (χ3n) is 7.81. The topological polar surface area (TPSA) is 200 Å². The van der Waals surface area contributed by atoms with Gasteiger partial charge in [0.2, 0.25) is 5.78 Å². The van der Waals surface area contributed by atoms with Crippen molar-refractivity contribution >= 4 is 29.1 Å². The Labute approximate surface area is 228 Å². The van der Waals surface area contributed by atoms with E-state index >= 15 is 0 Å². The molecule has 1 unspecified atom stereocenters. The number of nitrogens with two attached hydrogens (primary N) is 1. The molecule has 208 valence electrons. The lowest BCUT2D eigenvalue weighted by Gasteiger charge is -2.46. The number of rotatable bonds is 5. The molecular formula is C29H28N2O9. The van der Waals surface area contributed by atoms with Gasteiger partial charge in [-0.05, 0) is 53.6 Å². The van der Waals surface area contributed by atoms with Gasteiger partial charge in [0.05, 0.1) is 11.1 Å². The summed E-state index contributed by atoms with van der Waals surface area (Å²) in [5.74, 6) is -5.17. The number of aliphatic hydroxyl groups is 4. The van der Waals surface area contributed by atoms with Gasteiger partial charge in [-0.25, -0.2) is 4.79 Å². The number of phenolic OH excluding ortho intramolecular Hbond substituents is 1. The summed E-state index contributed by atoms with van der Waals surface area (Å²) in [6.45, 7) is 3.54. The number of Topliss-reactive ketones (excluding diaryl/α,β-unsaturated/α-hetero) is 2. The van der Waals surface area contributed by atoms with Crippen molar-refractivity contribution in [3.8, 4) is 16.9 Å². The van der Waals surface area contributed by atoms with Crippen molar-refractivity contribution in [2.24, 2.45) is 17.6 Å². The number of carbonyl (C=O) groups excluding carboxylic acids is 3. The molecule has 0 aromatic heterocycles. The van der Waals surface area contributed by atoms with E-state index in [9.17, 15) is 39.9 Å². The van der Waals surface area contributed by atoms with Gasteiger partial charge >= 0.3 is 6.09 Å². The van der Waals surface area contributed by atoms with Gasteiger partial charge in [0.1, 0.15) is 30.1 Å². The lowest BCUT2D eigenvalue weighted by Crippen LogP contribution is -2.58. The second-order valence-electron chi connectivity index (χ2n) is 10.1. The number of benzene rings is 2. The first-order valence-electron chi connectivity index (χ1n) is 12.6. The summed E-state index contributed by atoms with van der Waals surface area (Å²) >= 11 is 0. The van der Waals surface area contributed by atoms with E-state index in [1.807, 2.05) is 0 Å². The van der Waals surface area contributed by atoms with Crippen molar-refractivity contribution in [2.45, 2.75) is 31.1 Å². The molecule has 0 aliphatic heterocycles. The van der Waals surface area contributed by atoms with E-state index in [1.165, 1.54) is 12.1 Å². The SMILES string of the molecule is C=CCOC(=O)Nc1ccc(-c2ccc(O)c3c2C[C@H]2C[C@H]4CC(=O)C(C(N)O)=C(O)[C@@]4(O)C(=O)C2=C3O)cc1. The summed E-state index contributed by atoms with van der Waals surface area (Å²) in [5.41, 5.74) is 4.44. The average molecular weight is 549 g/mol. The van der Waals surface area contributed by atoms with Crippen LogP contribution >= 0.6 is 0 Å². The Morgan fingerprint density at radius 1 is 1.15 bits per heavy atom. The molecule has 0 radical (unpaired) electrons. The smallest absolute Gasteiger partial charge is 0.411 e. The molecule has 1 amide bonds. The van der Waals surface area contributed by atoms with Crippen LogP contribution in [0.3, 0.4) is 0 Å². The summed E-state index contributed by atoms with van der Waals surface area (Å²) in [6.07, 6.45) is -1.17. The molecule has 0 heterocycles. The van der Waals surface area contributed by atoms with Gasteiger partial charge in [-0.3, -0.25) is 14.9 Å². The molecule has 4 atom stereocenters. The maximum absolute atomic E-state index is 13.7. The van der Waals surface area contributed by atoms with E-state index in [2.05, 4.69) is 11.9 Å². The van der Waals surface area contributed by atoms with Crippen LogP contribution in [-0.2, 0) is 20.7 Å². The highest BCUT2D eigenvalue weighted by atomic mass is 16.5. The predicted octanol–water partition coefficient (Wildman–Crippen LogP) is 2.62. The summed E-state index contributed by atoms with van der Waals surface area (Å²) in [5, 5.41) is 56.5. The number of ether oxygens (including phenoxy) is 1. The van der Waals surface area contributed by atoms with Gasteiger partial charge < -0.3 is 36.0 Å². The van der Waals surface area contributed by atoms with Gasteiger partial charge in [-0.2, -0.15) is 0 Å². The quantitative estimate of drug-likeness (QED) is 0.215. The molecule has 1 fully saturated rings. The summed E-state index contributed by atoms with van der Waals surface area (Å²) in [6, 6.07) is 9.82. The summed E-state index contributed by atoms with van der Waals surface area (Å²) in [7, 11) is 0. The van der Waals surface area contributed by atoms with Gasteiger partial charge in [-0.1, -0.05) is 30.9 Å². The van der Waals surface area contributed by atoms with Crippen molar-refractivity contribution in [2.75, 3.05) is 11.9 Å². The number of carbonyl (C=O) groups is 3. The molecular weight excluding hydrogens is 520 g/mol. The Morgan fingerprint density at radius 3 is 2.50 bits per heavy atom. The van der Waals surface area contributed by atoms with Crippen LogP contribution in [0.5, 0.6) is 5.75 Å². The van der Waals surface area contributed by atoms with E-state index in [1.54, 1.807) is 30.3 Å². The number of nitrogens with one attached hydrogen (secondary N) is 1. The maximum Gasteiger partial charge on any atom is 0.411 e. The minimum Gasteiger partial charge on any atom is -0.508 e. The van der Waals surface area contributed by atoms with E-state index in [4.69, 9.17) is 10.5 Å². The minimum atomic E-state index is -2.55. The lowest BCUT2D eigenvalue weighted by molar-refractivity contribution is -0.147. The number of aromatic hydroxyl groups is 1. The second-order valence-corrected chi connectivity index (χ2v) is 10.1. The van der Waals surface area contributed by atoms with Crippen molar-refractivity contribution in [1.82, 2.24) is 0 Å². The fraction of sp³-hybridized carbons (Fsp3) is 0.276. The molecule has 40 heavy (non-hydrogen) atoms. The largest absolute Gasteiger partial charge is 0.508 e. The third-order valence-corrected chi connectivity index (χ3v) is 7.81. The molecule has 5 rings (SSSR count). The van der Waals surface area contributed by atoms with E-state index < -0.39 is 58.4 Å². The predicted molar refractivity (Wildman–Crippen MR) is 143 cm³/mol. The Morgan fingerprint density at radius 2 is 1.85 bits per heavy atom. The summed E-state index contributed by atoms with van der Waals surface area (Å²) < 4.78 is 4.91. The van der Waals surface area contributed by atoms with Crippen LogP contribution in [0.25, 0.3) is 16.9 Å². The van der Waals surface area contributed by atoms with Crippen molar-refractivity contribution < 1.29 is 44.7 Å². The van der Waals surface area contributed by atoms with Crippen LogP contribution < -0.4 is 11.1 Å². The number of phenols is 1. The zero-order chi connectivity index (χ0) is 28.9. The highest BCUT2D eigenvalue weighted by Crippen LogP contribution is 2.53. The average Bonchev–Trinajstić information content (AvgIpc) is 2.90. The molecule has 0 spiro atoms. The fourth-order valence-electron chi connectivity index (χ4n) is 5.99. The van der Waals surface area contributed by atoms with Gasteiger partial charge in [0, 0.05) is 23.6 Å². The molecule has 11 heteroatoms. The number of aliphatic hydroxyl groups excluding tert-OH is 3. The minimum absolute atomic E-state index is 0.0174. The number of amides is 1. The molecule has 3 aliphatic carbocycles. The number of anilines is 1. The fourth-order valence-corrected chi connectivity index (χ4v) is 5.99. The molecule has 2 aromatic rings. The van der Waals surface area contributed by atoms with Gasteiger partial charge in [-0.15, -0.1) is 0 Å². The Balaban J connectivity index is 1.55. The zero-order valence-corrected chi connectivity index (χ0v) is 21.3. The normalized spacial score (nSPS) is 24.6. The van der Waals surface area contributed by atoms with Crippen LogP contribution in [0, 0.1) is 11.8 Å². The summed E-state index contributed by atoms with van der Waals surface area (Å²) in [4.78, 5) is 38.1. The van der Waals surface area contributed by atoms with Crippen molar-refractivity contribution in [3.63, 3.8) is 0 Å². The van der Waals surface area contributed by atoms with Gasteiger partial charge in [0.15, 0.2) is 11.4 Å². The van der Waals surface area contributed by atoms with Crippen molar-refractivity contribution in [3.05, 3.63) is 77.1 Å². The van der Waals surface area contributed by atoms with Crippen LogP contribution in [-0.4, -0.2) is 61.6 Å². The molecule has 11 nitrogen and oxygen atoms in total. The van der Waals surface area contributed by atoms with Crippen LogP contribution in [0.2, 0.25) is 0 Å². The maximum atomic E-state index is 13.7. The highest BCUT2D eigenvalue weighted by Gasteiger charge is 2.60. The molecule has 3 aliphatic rings. The van der Waals surface area contributed by atoms with Gasteiger partial charge in [0.25, 0.3) is 0 Å². The van der Waals surface area contributed by atoms with E-state index in [0.717, 1.165) is 0 Å². The number of hydrogen-bond acceptors (Lipinski definition) is 10. The first-order chi connectivity index (χ1) is 19.0. The second kappa shape index (κ2) is 9.94. The van der Waals surface area contributed by atoms with Crippen LogP contribution in [0.4, 0.5) is 10.5 Å². The monoisotopic (exact) mass is 548 g/mol. The molecule has 1 saturated carbocycles. The molecule has 0 bridgehead atoms. The Kier molecular flexibility index (Phi) is 6.74. The van der Waals surface area contributed by atoms with E-state index in [-0.39, 0.29) is 42.8 Å². The number of fused-ring (bicyclic) bond motifs is 3. The first kappa shape index (κ1) is 27.1. The van der Waals surface area contributed by atoms with Crippen LogP contribution in [0.1, 0.15) is 24.0 Å². The van der Waals surface area contributed by atoms with Crippen molar-refractivity contribution in [1.29, 1.82) is 0 Å². The zero-order valence-electron chi connectivity index (χ0n) is 21.3. The lowest BCUT2D eigenvalue weighted by atomic mass is 9.59. The highest BCUT2D eigenvalue weighted by molar-refractivity contribution is 6.13. The first-order valence-corrected chi connectivity index (χ1v) is 12.6. The molecule has 0 saturated heterocycles. The Bertz CT molecular complexity index is 1510. The molecule has 2 aromatic carbocycles. The van der Waals surface area contributed by atoms with Crippen LogP contribution in [0.15, 0.2) is 66.0 Å². The molecule has 8 N–H and O–H groups in total. The third kappa shape index (κ3) is 4.15. The number of ketones is 2. The standard InChI is InChI=1S/C29H28N2O9/c1-2-9-40-28(38)31-16-5-3-13(4-6-16)17-7-8-19(32)22-18(17)11-14-10-15-12-20(33)23(27(30)37)26(36)29(15,39)25(35)21(14)24(22)34/h2-8,14-15,27,32,34,36-37,39H,1,9-12,30H2,(H,31,38)/t14-,15+,27?,29+/m1/s1. The van der Waals surface area contributed by atoms with E-state index in [0.29, 0.717) is 22.4 Å². The number of hydrogen-bond donors (Lipinski definition) is 7. The Hall–Kier alpha value is -4.45.